The Balaban J connectivity index is 2.08. The Labute approximate surface area is 114 Å². The van der Waals surface area contributed by atoms with Crippen LogP contribution in [0.25, 0.3) is 0 Å². The summed E-state index contributed by atoms with van der Waals surface area (Å²) >= 11 is 5.75. The number of morpholine rings is 1. The second-order valence-corrected chi connectivity index (χ2v) is 4.48. The second kappa shape index (κ2) is 6.01. The smallest absolute Gasteiger partial charge is 0.337 e. The van der Waals surface area contributed by atoms with Crippen molar-refractivity contribution in [2.45, 2.75) is 6.04 Å². The van der Waals surface area contributed by atoms with E-state index in [0.717, 1.165) is 0 Å². The van der Waals surface area contributed by atoms with Crippen LogP contribution >= 0.6 is 11.6 Å². The fraction of sp³-hybridized carbons (Fsp3) is 0.333. The minimum absolute atomic E-state index is 0.0488. The van der Waals surface area contributed by atoms with E-state index in [2.05, 4.69) is 10.6 Å². The maximum Gasteiger partial charge on any atom is 0.337 e. The van der Waals surface area contributed by atoms with Gasteiger partial charge in [0.05, 0.1) is 23.8 Å². The van der Waals surface area contributed by atoms with E-state index in [1.165, 1.54) is 12.1 Å². The molecule has 1 aliphatic rings. The first kappa shape index (κ1) is 13.8. The molecule has 1 fully saturated rings. The number of nitrogens with one attached hydrogen (secondary N) is 2. The van der Waals surface area contributed by atoms with Gasteiger partial charge < -0.3 is 20.5 Å². The summed E-state index contributed by atoms with van der Waals surface area (Å²) in [5, 5.41) is 14.7. The molecular weight excluding hydrogens is 272 g/mol. The van der Waals surface area contributed by atoms with Crippen molar-refractivity contribution in [3.05, 3.63) is 28.8 Å². The van der Waals surface area contributed by atoms with E-state index in [-0.39, 0.29) is 16.5 Å². The van der Waals surface area contributed by atoms with E-state index in [1.54, 1.807) is 6.07 Å². The number of amides is 1. The van der Waals surface area contributed by atoms with Crippen LogP contribution in [0.5, 0.6) is 0 Å². The fourth-order valence-electron chi connectivity index (χ4n) is 1.73. The molecule has 102 valence electrons. The molecule has 0 aliphatic carbocycles. The van der Waals surface area contributed by atoms with E-state index >= 15 is 0 Å². The lowest BCUT2D eigenvalue weighted by Crippen LogP contribution is -2.48. The lowest BCUT2D eigenvalue weighted by atomic mass is 10.2. The van der Waals surface area contributed by atoms with Crippen molar-refractivity contribution in [3.63, 3.8) is 0 Å². The number of anilines is 1. The third-order valence-corrected chi connectivity index (χ3v) is 3.03. The van der Waals surface area contributed by atoms with Gasteiger partial charge in [0.15, 0.2) is 0 Å². The Morgan fingerprint density at radius 1 is 1.47 bits per heavy atom. The van der Waals surface area contributed by atoms with E-state index in [4.69, 9.17) is 21.4 Å². The quantitative estimate of drug-likeness (QED) is 0.770. The Hall–Kier alpha value is -1.63. The van der Waals surface area contributed by atoms with Gasteiger partial charge >= 0.3 is 5.97 Å². The lowest BCUT2D eigenvalue weighted by molar-refractivity contribution is -0.120. The normalized spacial score (nSPS) is 18.9. The van der Waals surface area contributed by atoms with Crippen LogP contribution in [-0.4, -0.2) is 42.8 Å². The Morgan fingerprint density at radius 2 is 2.26 bits per heavy atom. The largest absolute Gasteiger partial charge is 0.478 e. The average Bonchev–Trinajstić information content (AvgIpc) is 2.41. The van der Waals surface area contributed by atoms with E-state index < -0.39 is 12.0 Å². The van der Waals surface area contributed by atoms with Crippen molar-refractivity contribution in [2.75, 3.05) is 25.1 Å². The topological polar surface area (TPSA) is 87.7 Å². The molecule has 7 heteroatoms. The molecule has 1 unspecified atom stereocenters. The number of rotatable bonds is 3. The molecule has 0 saturated carbocycles. The molecule has 1 amide bonds. The summed E-state index contributed by atoms with van der Waals surface area (Å²) in [5.41, 5.74) is 0.339. The number of aromatic carboxylic acids is 1. The molecular formula is C12H13ClN2O4. The van der Waals surface area contributed by atoms with Gasteiger partial charge in [0.25, 0.3) is 0 Å². The lowest BCUT2D eigenvalue weighted by Gasteiger charge is -2.22. The van der Waals surface area contributed by atoms with Gasteiger partial charge in [-0.05, 0) is 18.2 Å². The van der Waals surface area contributed by atoms with Gasteiger partial charge in [-0.15, -0.1) is 0 Å². The maximum absolute atomic E-state index is 11.9. The number of halogens is 1. The van der Waals surface area contributed by atoms with Crippen molar-refractivity contribution >= 4 is 29.2 Å². The molecule has 0 aromatic heterocycles. The van der Waals surface area contributed by atoms with Crippen molar-refractivity contribution in [3.8, 4) is 0 Å². The third kappa shape index (κ3) is 3.44. The molecule has 0 radical (unpaired) electrons. The van der Waals surface area contributed by atoms with Crippen LogP contribution < -0.4 is 10.6 Å². The molecule has 1 aromatic rings. The highest BCUT2D eigenvalue weighted by atomic mass is 35.5. The number of hydrogen-bond donors (Lipinski definition) is 3. The minimum atomic E-state index is -1.14. The summed E-state index contributed by atoms with van der Waals surface area (Å²) in [6, 6.07) is 3.88. The van der Waals surface area contributed by atoms with Crippen molar-refractivity contribution in [1.82, 2.24) is 5.32 Å². The minimum Gasteiger partial charge on any atom is -0.478 e. The van der Waals surface area contributed by atoms with E-state index in [1.807, 2.05) is 0 Å². The summed E-state index contributed by atoms with van der Waals surface area (Å²) in [5.74, 6) is -1.40. The van der Waals surface area contributed by atoms with Gasteiger partial charge in [0.1, 0.15) is 6.04 Å². The summed E-state index contributed by atoms with van der Waals surface area (Å²) in [7, 11) is 0. The highest BCUT2D eigenvalue weighted by Crippen LogP contribution is 2.20. The van der Waals surface area contributed by atoms with Gasteiger partial charge in [-0.2, -0.15) is 0 Å². The average molecular weight is 285 g/mol. The van der Waals surface area contributed by atoms with Crippen molar-refractivity contribution < 1.29 is 19.4 Å². The van der Waals surface area contributed by atoms with Gasteiger partial charge in [0, 0.05) is 12.2 Å². The van der Waals surface area contributed by atoms with Crippen LogP contribution in [0, 0.1) is 0 Å². The summed E-state index contributed by atoms with van der Waals surface area (Å²) in [6.45, 7) is 1.48. The molecule has 0 bridgehead atoms. The molecule has 1 heterocycles. The number of benzene rings is 1. The van der Waals surface area contributed by atoms with E-state index in [0.29, 0.717) is 25.4 Å². The molecule has 19 heavy (non-hydrogen) atoms. The monoisotopic (exact) mass is 284 g/mol. The third-order valence-electron chi connectivity index (χ3n) is 2.70. The zero-order valence-corrected chi connectivity index (χ0v) is 10.7. The Bertz CT molecular complexity index is 501. The predicted molar refractivity (Wildman–Crippen MR) is 69.7 cm³/mol. The summed E-state index contributed by atoms with van der Waals surface area (Å²) in [6.07, 6.45) is 0. The highest BCUT2D eigenvalue weighted by Gasteiger charge is 2.21. The zero-order chi connectivity index (χ0) is 13.8. The number of carbonyl (C=O) groups is 2. The predicted octanol–water partition coefficient (Wildman–Crippen LogP) is 0.965. The molecule has 1 aliphatic heterocycles. The number of carboxylic acids is 1. The fourth-order valence-corrected chi connectivity index (χ4v) is 1.93. The summed E-state index contributed by atoms with van der Waals surface area (Å²) in [4.78, 5) is 22.8. The molecule has 1 atom stereocenters. The maximum atomic E-state index is 11.9. The number of carboxylic acid groups (broad SMARTS) is 1. The van der Waals surface area contributed by atoms with E-state index in [9.17, 15) is 9.59 Å². The Kier molecular flexibility index (Phi) is 4.36. The second-order valence-electron chi connectivity index (χ2n) is 4.07. The van der Waals surface area contributed by atoms with Gasteiger partial charge in [0.2, 0.25) is 5.91 Å². The molecule has 2 rings (SSSR count). The first-order chi connectivity index (χ1) is 9.08. The van der Waals surface area contributed by atoms with Crippen molar-refractivity contribution in [2.24, 2.45) is 0 Å². The molecule has 0 spiro atoms. The first-order valence-electron chi connectivity index (χ1n) is 5.73. The van der Waals surface area contributed by atoms with Gasteiger partial charge in [-0.25, -0.2) is 4.79 Å². The number of hydrogen-bond acceptors (Lipinski definition) is 4. The van der Waals surface area contributed by atoms with Crippen molar-refractivity contribution in [1.29, 1.82) is 0 Å². The molecule has 3 N–H and O–H groups in total. The van der Waals surface area contributed by atoms with Crippen LogP contribution in [0.4, 0.5) is 5.69 Å². The molecule has 6 nitrogen and oxygen atoms in total. The number of carbonyl (C=O) groups excluding carboxylic acids is 1. The van der Waals surface area contributed by atoms with Gasteiger partial charge in [-0.1, -0.05) is 11.6 Å². The zero-order valence-electron chi connectivity index (χ0n) is 9.98. The number of ether oxygens (including phenoxy) is 1. The molecule has 1 aromatic carbocycles. The highest BCUT2D eigenvalue weighted by molar-refractivity contribution is 6.33. The van der Waals surface area contributed by atoms with Crippen LogP contribution in [0.1, 0.15) is 10.4 Å². The molecule has 1 saturated heterocycles. The van der Waals surface area contributed by atoms with Crippen LogP contribution in [-0.2, 0) is 9.53 Å². The van der Waals surface area contributed by atoms with Crippen LogP contribution in [0.3, 0.4) is 0 Å². The standard InChI is InChI=1S/C12H13ClN2O4/c13-9-2-1-7(5-8(9)12(17)18)15-11(16)10-6-19-4-3-14-10/h1-2,5,10,14H,3-4,6H2,(H,15,16)(H,17,18). The van der Waals surface area contributed by atoms with Gasteiger partial charge in [-0.3, -0.25) is 4.79 Å². The van der Waals surface area contributed by atoms with Crippen LogP contribution in [0.2, 0.25) is 5.02 Å². The first-order valence-corrected chi connectivity index (χ1v) is 6.10. The summed E-state index contributed by atoms with van der Waals surface area (Å²) < 4.78 is 5.18. The SMILES string of the molecule is O=C(O)c1cc(NC(=O)C2COCCN2)ccc1Cl. The Morgan fingerprint density at radius 3 is 2.89 bits per heavy atom. The van der Waals surface area contributed by atoms with Crippen LogP contribution in [0.15, 0.2) is 18.2 Å².